The van der Waals surface area contributed by atoms with Gasteiger partial charge in [0.15, 0.2) is 4.80 Å². The van der Waals surface area contributed by atoms with Crippen LogP contribution in [-0.4, -0.2) is 22.1 Å². The van der Waals surface area contributed by atoms with Gasteiger partial charge in [0.1, 0.15) is 17.6 Å². The summed E-state index contributed by atoms with van der Waals surface area (Å²) >= 11 is 7.48. The van der Waals surface area contributed by atoms with E-state index in [1.807, 2.05) is 6.07 Å². The minimum absolute atomic E-state index is 0.0871. The van der Waals surface area contributed by atoms with Crippen molar-refractivity contribution in [3.05, 3.63) is 118 Å². The molecule has 4 aromatic rings. The lowest BCUT2D eigenvalue weighted by atomic mass is 10.0. The molecule has 0 radical (unpaired) electrons. The Hall–Kier alpha value is -4.28. The van der Waals surface area contributed by atoms with Crippen LogP contribution in [0.4, 0.5) is 5.69 Å². The Labute approximate surface area is 224 Å². The molecule has 1 aliphatic rings. The maximum Gasteiger partial charge on any atom is 0.338 e. The van der Waals surface area contributed by atoms with Crippen LogP contribution in [0.1, 0.15) is 31.2 Å². The molecule has 0 unspecified atom stereocenters. The van der Waals surface area contributed by atoms with E-state index in [0.29, 0.717) is 36.9 Å². The summed E-state index contributed by atoms with van der Waals surface area (Å²) in [7, 11) is 0. The molecule has 0 fully saturated rings. The summed E-state index contributed by atoms with van der Waals surface area (Å²) in [5.41, 5.74) is 1.26. The van der Waals surface area contributed by atoms with E-state index in [1.165, 1.54) is 28.0 Å². The Morgan fingerprint density at radius 1 is 1.24 bits per heavy atom. The number of nitrogens with zero attached hydrogens (tertiary/aromatic N) is 3. The van der Waals surface area contributed by atoms with E-state index in [0.717, 1.165) is 0 Å². The number of non-ortho nitro benzene ring substituents is 1. The number of fused-ring (bicyclic) bond motifs is 1. The zero-order valence-corrected chi connectivity index (χ0v) is 21.8. The third-order valence-corrected chi connectivity index (χ3v) is 7.27. The number of rotatable bonds is 6. The molecule has 0 bridgehead atoms. The third kappa shape index (κ3) is 4.59. The first kappa shape index (κ1) is 25.4. The van der Waals surface area contributed by atoms with Gasteiger partial charge in [0, 0.05) is 22.7 Å². The SMILES string of the molecule is CCOC(=O)C1=C(C)N=c2s/c(=C\c3ccccc3Cl)c(=O)n2[C@@H]1c1ccc(-c2cccc([N+](=O)[O-])c2)o1. The van der Waals surface area contributed by atoms with Crippen molar-refractivity contribution in [3.8, 4) is 11.3 Å². The number of nitro benzene ring substituents is 1. The van der Waals surface area contributed by atoms with Crippen molar-refractivity contribution in [2.75, 3.05) is 6.61 Å². The second kappa shape index (κ2) is 10.2. The van der Waals surface area contributed by atoms with Crippen molar-refractivity contribution in [2.45, 2.75) is 19.9 Å². The number of furan rings is 1. The number of nitro groups is 1. The zero-order chi connectivity index (χ0) is 27.0. The highest BCUT2D eigenvalue weighted by atomic mass is 35.5. The highest BCUT2D eigenvalue weighted by molar-refractivity contribution is 7.07. The van der Waals surface area contributed by atoms with E-state index in [1.54, 1.807) is 62.4 Å². The lowest BCUT2D eigenvalue weighted by Gasteiger charge is -2.22. The standard InChI is InChI=1S/C27H20ClN3O6S/c1-3-36-26(33)23-15(2)29-27-30(25(32)22(38-27)14-16-7-4-5-10-19(16)28)24(23)21-12-11-20(37-21)17-8-6-9-18(13-17)31(34)35/h4-14,24H,3H2,1-2H3/b22-14-/t24-/m1/s1. The predicted octanol–water partition coefficient (Wildman–Crippen LogP) is 4.62. The number of aromatic nitrogens is 1. The van der Waals surface area contributed by atoms with Gasteiger partial charge in [-0.05, 0) is 43.7 Å². The lowest BCUT2D eigenvalue weighted by molar-refractivity contribution is -0.384. The Kier molecular flexibility index (Phi) is 6.83. The molecule has 1 atom stereocenters. The molecular formula is C27H20ClN3O6S. The molecule has 11 heteroatoms. The minimum atomic E-state index is -0.953. The van der Waals surface area contributed by atoms with Crippen molar-refractivity contribution in [1.29, 1.82) is 0 Å². The van der Waals surface area contributed by atoms with E-state index >= 15 is 0 Å². The molecule has 0 N–H and O–H groups in total. The molecule has 38 heavy (non-hydrogen) atoms. The summed E-state index contributed by atoms with van der Waals surface area (Å²) < 4.78 is 13.2. The largest absolute Gasteiger partial charge is 0.463 e. The summed E-state index contributed by atoms with van der Waals surface area (Å²) in [6.45, 7) is 3.50. The first-order valence-electron chi connectivity index (χ1n) is 11.6. The fourth-order valence-electron chi connectivity index (χ4n) is 4.22. The van der Waals surface area contributed by atoms with E-state index < -0.39 is 16.9 Å². The zero-order valence-electron chi connectivity index (χ0n) is 20.2. The normalized spacial score (nSPS) is 15.2. The van der Waals surface area contributed by atoms with Crippen LogP contribution in [0.5, 0.6) is 0 Å². The van der Waals surface area contributed by atoms with Gasteiger partial charge in [-0.2, -0.15) is 0 Å². The second-order valence-corrected chi connectivity index (χ2v) is 9.75. The number of carbonyl (C=O) groups is 1. The van der Waals surface area contributed by atoms with Gasteiger partial charge in [0.25, 0.3) is 11.2 Å². The summed E-state index contributed by atoms with van der Waals surface area (Å²) in [6.07, 6.45) is 1.68. The number of hydrogen-bond acceptors (Lipinski definition) is 8. The van der Waals surface area contributed by atoms with E-state index in [4.69, 9.17) is 20.8 Å². The van der Waals surface area contributed by atoms with Crippen molar-refractivity contribution in [3.63, 3.8) is 0 Å². The first-order chi connectivity index (χ1) is 18.3. The minimum Gasteiger partial charge on any atom is -0.463 e. The van der Waals surface area contributed by atoms with Gasteiger partial charge in [-0.15, -0.1) is 0 Å². The molecule has 0 saturated carbocycles. The van der Waals surface area contributed by atoms with Gasteiger partial charge in [0.2, 0.25) is 0 Å². The summed E-state index contributed by atoms with van der Waals surface area (Å²) in [5, 5.41) is 11.7. The maximum atomic E-state index is 13.7. The summed E-state index contributed by atoms with van der Waals surface area (Å²) in [6, 6.07) is 15.5. The quantitative estimate of drug-likeness (QED) is 0.197. The van der Waals surface area contributed by atoms with Crippen LogP contribution in [-0.2, 0) is 9.53 Å². The summed E-state index contributed by atoms with van der Waals surface area (Å²) in [5.74, 6) is 0.0152. The average Bonchev–Trinajstić information content (AvgIpc) is 3.50. The Morgan fingerprint density at radius 3 is 2.76 bits per heavy atom. The van der Waals surface area contributed by atoms with Crippen molar-refractivity contribution in [2.24, 2.45) is 4.99 Å². The molecule has 1 aliphatic heterocycles. The van der Waals surface area contributed by atoms with Crippen molar-refractivity contribution < 1.29 is 18.9 Å². The van der Waals surface area contributed by atoms with Crippen LogP contribution >= 0.6 is 22.9 Å². The topological polar surface area (TPSA) is 117 Å². The van der Waals surface area contributed by atoms with E-state index in [-0.39, 0.29) is 29.2 Å². The Balaban J connectivity index is 1.69. The van der Waals surface area contributed by atoms with Crippen molar-refractivity contribution >= 4 is 40.7 Å². The first-order valence-corrected chi connectivity index (χ1v) is 12.8. The van der Waals surface area contributed by atoms with Gasteiger partial charge in [-0.1, -0.05) is 53.3 Å². The van der Waals surface area contributed by atoms with Crippen LogP contribution < -0.4 is 14.9 Å². The van der Waals surface area contributed by atoms with Crippen LogP contribution in [0.15, 0.2) is 86.1 Å². The fourth-order valence-corrected chi connectivity index (χ4v) is 5.45. The van der Waals surface area contributed by atoms with E-state index in [9.17, 15) is 19.7 Å². The Morgan fingerprint density at radius 2 is 2.03 bits per heavy atom. The molecule has 2 aromatic carbocycles. The number of halogens is 1. The van der Waals surface area contributed by atoms with E-state index in [2.05, 4.69) is 4.99 Å². The smallest absolute Gasteiger partial charge is 0.338 e. The molecular weight excluding hydrogens is 530 g/mol. The molecule has 0 amide bonds. The van der Waals surface area contributed by atoms with Gasteiger partial charge >= 0.3 is 5.97 Å². The number of ether oxygens (including phenoxy) is 1. The molecule has 3 heterocycles. The highest BCUT2D eigenvalue weighted by Crippen LogP contribution is 2.34. The number of thiazole rings is 1. The number of benzene rings is 2. The summed E-state index contributed by atoms with van der Waals surface area (Å²) in [4.78, 5) is 42.4. The molecule has 9 nitrogen and oxygen atoms in total. The van der Waals surface area contributed by atoms with Gasteiger partial charge in [-0.25, -0.2) is 9.79 Å². The number of esters is 1. The van der Waals surface area contributed by atoms with Gasteiger partial charge in [-0.3, -0.25) is 19.5 Å². The number of hydrogen-bond donors (Lipinski definition) is 0. The van der Waals surface area contributed by atoms with Crippen molar-refractivity contribution in [1.82, 2.24) is 4.57 Å². The average molecular weight is 550 g/mol. The molecule has 0 saturated heterocycles. The van der Waals surface area contributed by atoms with Gasteiger partial charge in [0.05, 0.1) is 27.3 Å². The van der Waals surface area contributed by atoms with Crippen LogP contribution in [0.2, 0.25) is 5.02 Å². The molecule has 5 rings (SSSR count). The molecule has 2 aromatic heterocycles. The molecule has 192 valence electrons. The van der Waals surface area contributed by atoms with Crippen LogP contribution in [0, 0.1) is 10.1 Å². The highest BCUT2D eigenvalue weighted by Gasteiger charge is 2.35. The van der Waals surface area contributed by atoms with Crippen LogP contribution in [0.25, 0.3) is 17.4 Å². The predicted molar refractivity (Wildman–Crippen MR) is 143 cm³/mol. The number of carbonyl (C=O) groups excluding carboxylic acids is 1. The lowest BCUT2D eigenvalue weighted by Crippen LogP contribution is -2.39. The molecule has 0 aliphatic carbocycles. The fraction of sp³-hybridized carbons (Fsp3) is 0.148. The van der Waals surface area contributed by atoms with Gasteiger partial charge < -0.3 is 9.15 Å². The molecule has 0 spiro atoms. The monoisotopic (exact) mass is 549 g/mol. The second-order valence-electron chi connectivity index (χ2n) is 8.33. The number of allylic oxidation sites excluding steroid dienone is 1. The van der Waals surface area contributed by atoms with Crippen LogP contribution in [0.3, 0.4) is 0 Å². The Bertz CT molecular complexity index is 1800. The maximum absolute atomic E-state index is 13.7. The third-order valence-electron chi connectivity index (χ3n) is 5.95.